The number of ketones is 2. The molecule has 0 aromatic carbocycles. The molecule has 0 aliphatic carbocycles. The van der Waals surface area contributed by atoms with Gasteiger partial charge in [0.05, 0.1) is 0 Å². The average molecular weight is 310 g/mol. The number of carbonyl (C=O) groups is 2. The van der Waals surface area contributed by atoms with Crippen LogP contribution in [0.5, 0.6) is 0 Å². The molecule has 0 aliphatic heterocycles. The number of rotatable bonds is 5. The number of carbonyl (C=O) groups excluding carboxylic acids is 2. The molecule has 0 rings (SSSR count). The van der Waals surface area contributed by atoms with Crippen molar-refractivity contribution < 1.29 is 48.6 Å². The molecule has 0 bridgehead atoms. The maximum Gasteiger partial charge on any atom is 2.00 e. The minimum Gasteiger partial charge on any atom is -0.287 e. The van der Waals surface area contributed by atoms with Gasteiger partial charge in [-0.15, -0.1) is 0 Å². The minimum absolute atomic E-state index is 0. The quantitative estimate of drug-likeness (QED) is 0.444. The van der Waals surface area contributed by atoms with E-state index in [2.05, 4.69) is 0 Å². The molecule has 0 amide bonds. The molecule has 0 aliphatic rings. The molecule has 0 saturated carbocycles. The van der Waals surface area contributed by atoms with E-state index in [4.69, 9.17) is 0 Å². The van der Waals surface area contributed by atoms with Crippen molar-refractivity contribution in [3.05, 3.63) is 0 Å². The Bertz CT molecular complexity index is 309. The second-order valence-electron chi connectivity index (χ2n) is 3.76. The molecule has 1 radical (unpaired) electrons. The molecule has 17 heavy (non-hydrogen) atoms. The van der Waals surface area contributed by atoms with Crippen molar-refractivity contribution in [2.75, 3.05) is 0 Å². The molecule has 0 saturated heterocycles. The second kappa shape index (κ2) is 5.44. The van der Waals surface area contributed by atoms with Crippen LogP contribution in [0.25, 0.3) is 0 Å². The molecular weight excluding hydrogens is 299 g/mol. The van der Waals surface area contributed by atoms with E-state index in [-0.39, 0.29) is 17.1 Å². The first-order valence-corrected chi connectivity index (χ1v) is 4.41. The van der Waals surface area contributed by atoms with E-state index in [1.165, 1.54) is 0 Å². The molecule has 0 aromatic rings. The number of hydrogen-bond donors (Lipinski definition) is 0. The molecule has 0 unspecified atom stereocenters. The number of alkyl halides is 5. The first kappa shape index (κ1) is 18.9. The predicted octanol–water partition coefficient (Wildman–Crippen LogP) is 2.55. The van der Waals surface area contributed by atoms with Crippen molar-refractivity contribution in [1.29, 1.82) is 0 Å². The van der Waals surface area contributed by atoms with Gasteiger partial charge in [-0.05, 0) is 13.8 Å². The van der Waals surface area contributed by atoms with E-state index in [1.54, 1.807) is 0 Å². The van der Waals surface area contributed by atoms with Gasteiger partial charge in [0, 0.05) is 6.42 Å². The Morgan fingerprint density at radius 3 is 1.53 bits per heavy atom. The Kier molecular flexibility index (Phi) is 6.03. The third-order valence-electron chi connectivity index (χ3n) is 1.93. The van der Waals surface area contributed by atoms with Crippen LogP contribution in [0.3, 0.4) is 0 Å². The van der Waals surface area contributed by atoms with Gasteiger partial charge >= 0.3 is 28.9 Å². The van der Waals surface area contributed by atoms with Crippen LogP contribution < -0.4 is 0 Å². The predicted molar refractivity (Wildman–Crippen MR) is 45.4 cm³/mol. The van der Waals surface area contributed by atoms with E-state index in [0.29, 0.717) is 13.8 Å². The van der Waals surface area contributed by atoms with Crippen molar-refractivity contribution in [3.8, 4) is 0 Å². The Labute approximate surface area is 105 Å². The maximum absolute atomic E-state index is 12.9. The largest absolute Gasteiger partial charge is 2.00 e. The zero-order chi connectivity index (χ0) is 13.4. The summed E-state index contributed by atoms with van der Waals surface area (Å²) < 4.78 is 64.1. The van der Waals surface area contributed by atoms with Crippen LogP contribution >= 0.6 is 0 Å². The second-order valence-corrected chi connectivity index (χ2v) is 3.76. The summed E-state index contributed by atoms with van der Waals surface area (Å²) in [7, 11) is 0. The smallest absolute Gasteiger partial charge is 0.287 e. The molecule has 0 spiro atoms. The Morgan fingerprint density at radius 1 is 0.941 bits per heavy atom. The van der Waals surface area contributed by atoms with Gasteiger partial charge in [-0.1, -0.05) is 6.92 Å². The third-order valence-corrected chi connectivity index (χ3v) is 1.93. The van der Waals surface area contributed by atoms with Crippen LogP contribution in [0.1, 0.15) is 27.2 Å². The normalized spacial score (nSPS) is 12.9. The minimum atomic E-state index is -5.18. The molecule has 0 aromatic heterocycles. The van der Waals surface area contributed by atoms with Gasteiger partial charge < -0.3 is 0 Å². The van der Waals surface area contributed by atoms with Crippen LogP contribution in [-0.4, -0.2) is 29.1 Å². The van der Waals surface area contributed by atoms with Crippen molar-refractivity contribution in [1.82, 2.24) is 0 Å². The van der Waals surface area contributed by atoms with Crippen molar-refractivity contribution >= 4 is 11.6 Å². The Hall–Kier alpha value is -0.491. The number of hydrogen-bond acceptors (Lipinski definition) is 2. The van der Waals surface area contributed by atoms with Crippen LogP contribution in [0.2, 0.25) is 0 Å². The van der Waals surface area contributed by atoms with E-state index in [0.717, 1.165) is 6.92 Å². The summed E-state index contributed by atoms with van der Waals surface area (Å²) in [6.07, 6.45) is -1.33. The van der Waals surface area contributed by atoms with Gasteiger partial charge in [-0.25, -0.2) is 4.39 Å². The van der Waals surface area contributed by atoms with Crippen molar-refractivity contribution in [3.63, 3.8) is 0 Å². The topological polar surface area (TPSA) is 34.1 Å². The molecule has 0 atom stereocenters. The molecule has 0 N–H and O–H groups in total. The summed E-state index contributed by atoms with van der Waals surface area (Å²) in [5, 5.41) is 0. The fourth-order valence-electron chi connectivity index (χ4n) is 0.801. The van der Waals surface area contributed by atoms with Crippen LogP contribution in [0, 0.1) is 0 Å². The molecule has 103 valence electrons. The molecule has 0 fully saturated rings. The van der Waals surface area contributed by atoms with Gasteiger partial charge in [0.25, 0.3) is 5.78 Å². The molecule has 8 heteroatoms. The van der Waals surface area contributed by atoms with Gasteiger partial charge in [-0.2, -0.15) is 17.6 Å². The zero-order valence-corrected chi connectivity index (χ0v) is 10.2. The summed E-state index contributed by atoms with van der Waals surface area (Å²) in [5.74, 6) is -14.7. The first-order valence-electron chi connectivity index (χ1n) is 4.41. The Morgan fingerprint density at radius 2 is 1.29 bits per heavy atom. The van der Waals surface area contributed by atoms with Crippen LogP contribution in [0.4, 0.5) is 22.0 Å². The fourth-order valence-corrected chi connectivity index (χ4v) is 0.801. The molecular formula is C9H11CuF5O2+2. The van der Waals surface area contributed by atoms with E-state index < -0.39 is 35.5 Å². The first-order chi connectivity index (χ1) is 6.88. The summed E-state index contributed by atoms with van der Waals surface area (Å²) in [6, 6.07) is 0. The maximum atomic E-state index is 12.9. The van der Waals surface area contributed by atoms with Crippen LogP contribution in [0.15, 0.2) is 0 Å². The van der Waals surface area contributed by atoms with Gasteiger partial charge in [0.1, 0.15) is 0 Å². The van der Waals surface area contributed by atoms with Crippen molar-refractivity contribution in [2.45, 2.75) is 44.7 Å². The van der Waals surface area contributed by atoms with Gasteiger partial charge in [0.2, 0.25) is 5.78 Å². The zero-order valence-electron chi connectivity index (χ0n) is 9.21. The molecule has 0 heterocycles. The van der Waals surface area contributed by atoms with E-state index in [9.17, 15) is 31.5 Å². The number of Topliss-reactive ketones (excluding diaryl/α,β-unsaturated/α-hetero) is 2. The number of halogens is 5. The summed E-state index contributed by atoms with van der Waals surface area (Å²) in [5.41, 5.74) is -2.90. The monoisotopic (exact) mass is 309 g/mol. The van der Waals surface area contributed by atoms with E-state index in [1.807, 2.05) is 0 Å². The third kappa shape index (κ3) is 3.74. The molecule has 2 nitrogen and oxygen atoms in total. The summed E-state index contributed by atoms with van der Waals surface area (Å²) >= 11 is 0. The van der Waals surface area contributed by atoms with E-state index >= 15 is 0 Å². The van der Waals surface area contributed by atoms with Gasteiger partial charge in [0.15, 0.2) is 5.67 Å². The Balaban J connectivity index is 0. The van der Waals surface area contributed by atoms with Crippen LogP contribution in [-0.2, 0) is 26.7 Å². The summed E-state index contributed by atoms with van der Waals surface area (Å²) in [6.45, 7) is 1.83. The SMILES string of the molecule is CCC(F)(F)C(F)(F)C(=O)C(=O)C(C)(C)F.[Cu+2]. The van der Waals surface area contributed by atoms with Gasteiger partial charge in [-0.3, -0.25) is 9.59 Å². The fraction of sp³-hybridized carbons (Fsp3) is 0.778. The summed E-state index contributed by atoms with van der Waals surface area (Å²) in [4.78, 5) is 21.6. The average Bonchev–Trinajstić information content (AvgIpc) is 2.13. The van der Waals surface area contributed by atoms with Crippen molar-refractivity contribution in [2.24, 2.45) is 0 Å². The standard InChI is InChI=1S/C9H11F5O2.Cu/c1-4-8(11,12)9(13,14)6(16)5(15)7(2,3)10;/h4H2,1-3H3;/q;+2.